The fourth-order valence-electron chi connectivity index (χ4n) is 2.14. The highest BCUT2D eigenvalue weighted by molar-refractivity contribution is 8.14. The molecule has 1 heterocycles. The van der Waals surface area contributed by atoms with Crippen molar-refractivity contribution in [2.45, 2.75) is 11.1 Å². The Hall–Kier alpha value is -2.34. The van der Waals surface area contributed by atoms with E-state index in [1.54, 1.807) is 24.4 Å². The number of carbonyl (C=O) groups excluding carboxylic acids is 1. The number of carbonyl (C=O) groups is 1. The Bertz CT molecular complexity index is 872. The van der Waals surface area contributed by atoms with Gasteiger partial charge in [0.15, 0.2) is 0 Å². The zero-order valence-electron chi connectivity index (χ0n) is 11.7. The number of benzene rings is 2. The number of fused-ring (bicyclic) bond motifs is 1. The number of para-hydroxylation sites is 1. The predicted molar refractivity (Wildman–Crippen MR) is 83.4 cm³/mol. The Morgan fingerprint density at radius 3 is 2.52 bits per heavy atom. The molecule has 0 fully saturated rings. The van der Waals surface area contributed by atoms with E-state index in [1.807, 2.05) is 12.1 Å². The normalized spacial score (nSPS) is 11.6. The largest absolute Gasteiger partial charge is 0.416 e. The number of hydrogen-bond acceptors (Lipinski definition) is 3. The van der Waals surface area contributed by atoms with Crippen LogP contribution >= 0.6 is 11.8 Å². The second-order valence-electron chi connectivity index (χ2n) is 4.80. The molecule has 0 radical (unpaired) electrons. The number of aromatic nitrogens is 1. The Balaban J connectivity index is 1.92. The molecule has 3 rings (SSSR count). The van der Waals surface area contributed by atoms with E-state index in [4.69, 9.17) is 0 Å². The van der Waals surface area contributed by atoms with Gasteiger partial charge in [0.2, 0.25) is 5.12 Å². The highest BCUT2D eigenvalue weighted by Crippen LogP contribution is 2.32. The number of halogens is 3. The summed E-state index contributed by atoms with van der Waals surface area (Å²) in [6.07, 6.45) is -2.86. The zero-order chi connectivity index (χ0) is 16.4. The standard InChI is InChI=1S/C17H10F3NOS/c18-17(19,20)13-7-1-5-12(10-13)16(22)23-14-8-2-4-11-6-3-9-21-15(11)14/h1-10H. The van der Waals surface area contributed by atoms with Gasteiger partial charge in [-0.25, -0.2) is 0 Å². The summed E-state index contributed by atoms with van der Waals surface area (Å²) in [5, 5.41) is 0.420. The van der Waals surface area contributed by atoms with Crippen LogP contribution in [0.1, 0.15) is 15.9 Å². The van der Waals surface area contributed by atoms with Crippen molar-refractivity contribution in [2.24, 2.45) is 0 Å². The number of hydrogen-bond donors (Lipinski definition) is 0. The van der Waals surface area contributed by atoms with Crippen LogP contribution in [0.25, 0.3) is 10.9 Å². The van der Waals surface area contributed by atoms with Crippen LogP contribution in [0.3, 0.4) is 0 Å². The summed E-state index contributed by atoms with van der Waals surface area (Å²) >= 11 is 0.877. The number of alkyl halides is 3. The molecular weight excluding hydrogens is 323 g/mol. The minimum absolute atomic E-state index is 0.0118. The van der Waals surface area contributed by atoms with Crippen LogP contribution in [0.5, 0.6) is 0 Å². The Labute approximate surface area is 134 Å². The molecule has 3 aromatic rings. The van der Waals surface area contributed by atoms with Gasteiger partial charge in [-0.3, -0.25) is 9.78 Å². The van der Waals surface area contributed by atoms with Crippen molar-refractivity contribution in [3.05, 3.63) is 71.9 Å². The molecule has 0 aliphatic rings. The lowest BCUT2D eigenvalue weighted by molar-refractivity contribution is -0.137. The smallest absolute Gasteiger partial charge is 0.281 e. The van der Waals surface area contributed by atoms with Gasteiger partial charge in [0.25, 0.3) is 0 Å². The molecule has 0 bridgehead atoms. The number of thioether (sulfide) groups is 1. The first kappa shape index (κ1) is 15.6. The van der Waals surface area contributed by atoms with E-state index in [9.17, 15) is 18.0 Å². The van der Waals surface area contributed by atoms with Crippen molar-refractivity contribution >= 4 is 27.8 Å². The first-order valence-electron chi connectivity index (χ1n) is 6.68. The average molecular weight is 333 g/mol. The monoisotopic (exact) mass is 333 g/mol. The lowest BCUT2D eigenvalue weighted by Gasteiger charge is -2.08. The summed E-state index contributed by atoms with van der Waals surface area (Å²) in [5.74, 6) is 0. The predicted octanol–water partition coefficient (Wildman–Crippen LogP) is 5.19. The molecule has 0 aliphatic carbocycles. The molecule has 6 heteroatoms. The van der Waals surface area contributed by atoms with E-state index < -0.39 is 16.9 Å². The summed E-state index contributed by atoms with van der Waals surface area (Å²) in [7, 11) is 0. The van der Waals surface area contributed by atoms with Gasteiger partial charge >= 0.3 is 6.18 Å². The third-order valence-corrected chi connectivity index (χ3v) is 4.19. The summed E-state index contributed by atoms with van der Waals surface area (Å²) in [6.45, 7) is 0. The Morgan fingerprint density at radius 1 is 1.00 bits per heavy atom. The first-order chi connectivity index (χ1) is 10.9. The van der Waals surface area contributed by atoms with Crippen LogP contribution in [-0.2, 0) is 6.18 Å². The van der Waals surface area contributed by atoms with Crippen LogP contribution in [-0.4, -0.2) is 10.1 Å². The van der Waals surface area contributed by atoms with E-state index in [1.165, 1.54) is 12.1 Å². The summed E-state index contributed by atoms with van der Waals surface area (Å²) < 4.78 is 38.2. The quantitative estimate of drug-likeness (QED) is 0.605. The van der Waals surface area contributed by atoms with Crippen LogP contribution < -0.4 is 0 Å². The minimum Gasteiger partial charge on any atom is -0.281 e. The van der Waals surface area contributed by atoms with Crippen LogP contribution in [0, 0.1) is 0 Å². The van der Waals surface area contributed by atoms with Crippen LogP contribution in [0.4, 0.5) is 13.2 Å². The van der Waals surface area contributed by atoms with E-state index in [-0.39, 0.29) is 5.56 Å². The maximum Gasteiger partial charge on any atom is 0.416 e. The Morgan fingerprint density at radius 2 is 1.74 bits per heavy atom. The highest BCUT2D eigenvalue weighted by Gasteiger charge is 2.31. The second-order valence-corrected chi connectivity index (χ2v) is 5.81. The first-order valence-corrected chi connectivity index (χ1v) is 7.50. The lowest BCUT2D eigenvalue weighted by atomic mass is 10.1. The van der Waals surface area contributed by atoms with E-state index in [2.05, 4.69) is 4.98 Å². The van der Waals surface area contributed by atoms with Crippen molar-refractivity contribution in [3.8, 4) is 0 Å². The molecule has 2 nitrogen and oxygen atoms in total. The highest BCUT2D eigenvalue weighted by atomic mass is 32.2. The fourth-order valence-corrected chi connectivity index (χ4v) is 3.00. The maximum absolute atomic E-state index is 12.7. The van der Waals surface area contributed by atoms with E-state index in [0.29, 0.717) is 10.4 Å². The number of rotatable bonds is 2. The summed E-state index contributed by atoms with van der Waals surface area (Å²) in [6, 6.07) is 13.4. The van der Waals surface area contributed by atoms with Gasteiger partial charge in [0.1, 0.15) is 0 Å². The molecule has 0 aliphatic heterocycles. The fraction of sp³-hybridized carbons (Fsp3) is 0.0588. The van der Waals surface area contributed by atoms with E-state index in [0.717, 1.165) is 29.3 Å². The maximum atomic E-state index is 12.7. The third-order valence-electron chi connectivity index (χ3n) is 3.22. The van der Waals surface area contributed by atoms with Crippen LogP contribution in [0.15, 0.2) is 65.7 Å². The van der Waals surface area contributed by atoms with Gasteiger partial charge in [-0.05, 0) is 36.0 Å². The molecule has 0 unspecified atom stereocenters. The molecule has 0 N–H and O–H groups in total. The van der Waals surface area contributed by atoms with Crippen molar-refractivity contribution in [1.82, 2.24) is 4.98 Å². The Kier molecular flexibility index (Phi) is 4.09. The number of pyridine rings is 1. The zero-order valence-corrected chi connectivity index (χ0v) is 12.5. The molecule has 23 heavy (non-hydrogen) atoms. The van der Waals surface area contributed by atoms with Crippen molar-refractivity contribution in [2.75, 3.05) is 0 Å². The third kappa shape index (κ3) is 3.37. The van der Waals surface area contributed by atoms with Crippen molar-refractivity contribution in [3.63, 3.8) is 0 Å². The van der Waals surface area contributed by atoms with Crippen molar-refractivity contribution in [1.29, 1.82) is 0 Å². The van der Waals surface area contributed by atoms with Crippen LogP contribution in [0.2, 0.25) is 0 Å². The molecule has 2 aromatic carbocycles. The van der Waals surface area contributed by atoms with Gasteiger partial charge in [0.05, 0.1) is 11.1 Å². The molecule has 0 amide bonds. The minimum atomic E-state index is -4.47. The summed E-state index contributed by atoms with van der Waals surface area (Å²) in [5.41, 5.74) is -0.168. The topological polar surface area (TPSA) is 30.0 Å². The molecule has 1 aromatic heterocycles. The molecule has 116 valence electrons. The van der Waals surface area contributed by atoms with Gasteiger partial charge in [-0.15, -0.1) is 0 Å². The molecule has 0 saturated heterocycles. The van der Waals surface area contributed by atoms with Gasteiger partial charge < -0.3 is 0 Å². The molecule has 0 spiro atoms. The molecular formula is C17H10F3NOS. The van der Waals surface area contributed by atoms with Gasteiger partial charge in [0, 0.05) is 22.0 Å². The van der Waals surface area contributed by atoms with E-state index >= 15 is 0 Å². The summed E-state index contributed by atoms with van der Waals surface area (Å²) in [4.78, 5) is 17.2. The van der Waals surface area contributed by atoms with Gasteiger partial charge in [-0.1, -0.05) is 30.3 Å². The molecule has 0 saturated carbocycles. The average Bonchev–Trinajstić information content (AvgIpc) is 2.54. The second kappa shape index (κ2) is 6.04. The lowest BCUT2D eigenvalue weighted by Crippen LogP contribution is -2.06. The van der Waals surface area contributed by atoms with Gasteiger partial charge in [-0.2, -0.15) is 13.2 Å². The number of nitrogens with zero attached hydrogens (tertiary/aromatic N) is 1. The SMILES string of the molecule is O=C(Sc1cccc2cccnc12)c1cccc(C(F)(F)F)c1. The van der Waals surface area contributed by atoms with Crippen molar-refractivity contribution < 1.29 is 18.0 Å². The molecule has 0 atom stereocenters.